The summed E-state index contributed by atoms with van der Waals surface area (Å²) in [5, 5.41) is 10.5. The van der Waals surface area contributed by atoms with Crippen LogP contribution in [-0.4, -0.2) is 0 Å². The monoisotopic (exact) mass is 308 g/mol. The van der Waals surface area contributed by atoms with Crippen LogP contribution in [0.25, 0.3) is 10.1 Å². The van der Waals surface area contributed by atoms with Crippen molar-refractivity contribution in [2.45, 2.75) is 12.8 Å². The average Bonchev–Trinajstić information content (AvgIpc) is 3.09. The van der Waals surface area contributed by atoms with Gasteiger partial charge in [-0.3, -0.25) is 0 Å². The molecule has 5 heteroatoms. The standard InChI is InChI=1S/C17H12N2O2S/c1-9-6-7-12(20-9)14-11(8-18)17(19)21-15-10-4-2-3-5-13(10)22-16(14)15/h2-7,14H,19H2,1H3/t14-/m0/s1. The van der Waals surface area contributed by atoms with Crippen molar-refractivity contribution >= 4 is 21.4 Å². The van der Waals surface area contributed by atoms with Crippen LogP contribution >= 0.6 is 11.3 Å². The molecule has 0 saturated heterocycles. The normalized spacial score (nSPS) is 17.2. The Bertz CT molecular complexity index is 959. The minimum atomic E-state index is -0.306. The second kappa shape index (κ2) is 4.65. The fourth-order valence-electron chi connectivity index (χ4n) is 2.77. The van der Waals surface area contributed by atoms with Crippen LogP contribution in [0, 0.1) is 18.3 Å². The van der Waals surface area contributed by atoms with Crippen LogP contribution in [0.3, 0.4) is 0 Å². The molecule has 1 aliphatic rings. The Hall–Kier alpha value is -2.71. The summed E-state index contributed by atoms with van der Waals surface area (Å²) in [5.74, 6) is 2.10. The van der Waals surface area contributed by atoms with Crippen molar-refractivity contribution < 1.29 is 9.15 Å². The number of nitrogens with zero attached hydrogens (tertiary/aromatic N) is 1. The molecule has 2 aromatic heterocycles. The van der Waals surface area contributed by atoms with E-state index in [-0.39, 0.29) is 11.8 Å². The van der Waals surface area contributed by atoms with Gasteiger partial charge in [0.15, 0.2) is 5.75 Å². The van der Waals surface area contributed by atoms with Gasteiger partial charge in [0.1, 0.15) is 23.2 Å². The number of fused-ring (bicyclic) bond motifs is 3. The predicted octanol–water partition coefficient (Wildman–Crippen LogP) is 4.02. The van der Waals surface area contributed by atoms with Crippen molar-refractivity contribution in [1.82, 2.24) is 0 Å². The van der Waals surface area contributed by atoms with Crippen molar-refractivity contribution in [2.75, 3.05) is 0 Å². The molecule has 1 aromatic carbocycles. The molecule has 0 aliphatic carbocycles. The number of ether oxygens (including phenoxy) is 1. The molecule has 0 radical (unpaired) electrons. The first-order valence-corrected chi connectivity index (χ1v) is 7.66. The number of rotatable bonds is 1. The lowest BCUT2D eigenvalue weighted by atomic mass is 9.93. The first kappa shape index (κ1) is 13.0. The van der Waals surface area contributed by atoms with Crippen molar-refractivity contribution in [1.29, 1.82) is 5.26 Å². The number of furan rings is 1. The third kappa shape index (κ3) is 1.74. The first-order chi connectivity index (χ1) is 10.7. The highest BCUT2D eigenvalue weighted by atomic mass is 32.1. The van der Waals surface area contributed by atoms with Gasteiger partial charge >= 0.3 is 0 Å². The van der Waals surface area contributed by atoms with Gasteiger partial charge in [-0.25, -0.2) is 0 Å². The molecule has 22 heavy (non-hydrogen) atoms. The Morgan fingerprint density at radius 2 is 2.05 bits per heavy atom. The highest BCUT2D eigenvalue weighted by Crippen LogP contribution is 2.50. The van der Waals surface area contributed by atoms with Gasteiger partial charge in [-0.15, -0.1) is 11.3 Å². The van der Waals surface area contributed by atoms with Gasteiger partial charge in [0, 0.05) is 10.1 Å². The lowest BCUT2D eigenvalue weighted by molar-refractivity contribution is 0.389. The molecule has 0 bridgehead atoms. The molecule has 4 nitrogen and oxygen atoms in total. The highest BCUT2D eigenvalue weighted by Gasteiger charge is 2.35. The Labute approximate surface area is 131 Å². The van der Waals surface area contributed by atoms with E-state index in [9.17, 15) is 5.26 Å². The van der Waals surface area contributed by atoms with Gasteiger partial charge in [0.25, 0.3) is 0 Å². The Kier molecular flexibility index (Phi) is 2.75. The van der Waals surface area contributed by atoms with Crippen LogP contribution < -0.4 is 10.5 Å². The number of benzene rings is 1. The number of aryl methyl sites for hydroxylation is 1. The molecule has 1 atom stereocenters. The predicted molar refractivity (Wildman–Crippen MR) is 84.6 cm³/mol. The van der Waals surface area contributed by atoms with E-state index in [4.69, 9.17) is 14.9 Å². The van der Waals surface area contributed by atoms with Crippen LogP contribution in [-0.2, 0) is 0 Å². The van der Waals surface area contributed by atoms with E-state index in [1.807, 2.05) is 43.3 Å². The topological polar surface area (TPSA) is 72.2 Å². The average molecular weight is 308 g/mol. The van der Waals surface area contributed by atoms with E-state index in [2.05, 4.69) is 6.07 Å². The third-order valence-corrected chi connectivity index (χ3v) is 4.99. The minimum absolute atomic E-state index is 0.151. The van der Waals surface area contributed by atoms with Crippen molar-refractivity contribution in [3.8, 4) is 11.8 Å². The number of hydrogen-bond acceptors (Lipinski definition) is 5. The number of allylic oxidation sites excluding steroid dienone is 1. The smallest absolute Gasteiger partial charge is 0.205 e. The first-order valence-electron chi connectivity index (χ1n) is 6.84. The van der Waals surface area contributed by atoms with Gasteiger partial charge in [-0.05, 0) is 31.2 Å². The lowest BCUT2D eigenvalue weighted by Crippen LogP contribution is -2.19. The molecule has 0 unspecified atom stereocenters. The molecule has 108 valence electrons. The maximum atomic E-state index is 9.50. The number of thiophene rings is 1. The van der Waals surface area contributed by atoms with E-state index in [0.29, 0.717) is 11.3 Å². The summed E-state index contributed by atoms with van der Waals surface area (Å²) in [5.41, 5.74) is 6.38. The number of nitrogens with two attached hydrogens (primary N) is 1. The molecule has 0 saturated carbocycles. The summed E-state index contributed by atoms with van der Waals surface area (Å²) in [6.07, 6.45) is 0. The van der Waals surface area contributed by atoms with Gasteiger partial charge in [0.2, 0.25) is 5.88 Å². The maximum absolute atomic E-state index is 9.50. The molecule has 3 aromatic rings. The van der Waals surface area contributed by atoms with Crippen LogP contribution in [0.15, 0.2) is 52.3 Å². The van der Waals surface area contributed by atoms with Gasteiger partial charge in [-0.2, -0.15) is 5.26 Å². The zero-order valence-corrected chi connectivity index (χ0v) is 12.6. The van der Waals surface area contributed by atoms with E-state index < -0.39 is 0 Å². The van der Waals surface area contributed by atoms with Crippen LogP contribution in [0.5, 0.6) is 5.75 Å². The largest absolute Gasteiger partial charge is 0.465 e. The SMILES string of the molecule is Cc1ccc([C@@H]2C(C#N)=C(N)Oc3c2sc2ccccc32)o1. The summed E-state index contributed by atoms with van der Waals surface area (Å²) >= 11 is 1.61. The van der Waals surface area contributed by atoms with Crippen LogP contribution in [0.1, 0.15) is 22.3 Å². The molecule has 1 aliphatic heterocycles. The zero-order valence-electron chi connectivity index (χ0n) is 11.8. The van der Waals surface area contributed by atoms with Gasteiger partial charge in [-0.1, -0.05) is 12.1 Å². The fourth-order valence-corrected chi connectivity index (χ4v) is 4.02. The van der Waals surface area contributed by atoms with Crippen LogP contribution in [0.2, 0.25) is 0 Å². The number of nitriles is 1. The molecule has 2 N–H and O–H groups in total. The second-order valence-corrected chi connectivity index (χ2v) is 6.25. The quantitative estimate of drug-likeness (QED) is 0.737. The summed E-state index contributed by atoms with van der Waals surface area (Å²) in [6.45, 7) is 1.88. The second-order valence-electron chi connectivity index (χ2n) is 5.16. The summed E-state index contributed by atoms with van der Waals surface area (Å²) in [4.78, 5) is 0.960. The molecule has 0 amide bonds. The van der Waals surface area contributed by atoms with E-state index in [0.717, 1.165) is 26.5 Å². The van der Waals surface area contributed by atoms with Gasteiger partial charge in [0.05, 0.1) is 10.8 Å². The Morgan fingerprint density at radius 1 is 1.23 bits per heavy atom. The number of hydrogen-bond donors (Lipinski definition) is 1. The fraction of sp³-hybridized carbons (Fsp3) is 0.118. The molecule has 3 heterocycles. The van der Waals surface area contributed by atoms with E-state index in [1.165, 1.54) is 0 Å². The summed E-state index contributed by atoms with van der Waals surface area (Å²) in [7, 11) is 0. The van der Waals surface area contributed by atoms with E-state index >= 15 is 0 Å². The molecular formula is C17H12N2O2S. The van der Waals surface area contributed by atoms with Crippen LogP contribution in [0.4, 0.5) is 0 Å². The Morgan fingerprint density at radius 3 is 2.77 bits per heavy atom. The molecular weight excluding hydrogens is 296 g/mol. The van der Waals surface area contributed by atoms with Crippen molar-refractivity contribution in [2.24, 2.45) is 5.73 Å². The molecule has 0 spiro atoms. The highest BCUT2D eigenvalue weighted by molar-refractivity contribution is 7.19. The third-order valence-electron chi connectivity index (χ3n) is 3.77. The molecule has 0 fully saturated rings. The summed E-state index contributed by atoms with van der Waals surface area (Å²) in [6, 6.07) is 13.9. The molecule has 4 rings (SSSR count). The zero-order chi connectivity index (χ0) is 15.3. The van der Waals surface area contributed by atoms with E-state index in [1.54, 1.807) is 11.3 Å². The van der Waals surface area contributed by atoms with Crippen molar-refractivity contribution in [3.05, 3.63) is 64.3 Å². The summed E-state index contributed by atoms with van der Waals surface area (Å²) < 4.78 is 12.6. The lowest BCUT2D eigenvalue weighted by Gasteiger charge is -2.21. The van der Waals surface area contributed by atoms with Gasteiger partial charge < -0.3 is 14.9 Å². The Balaban J connectivity index is 2.01. The minimum Gasteiger partial charge on any atom is -0.465 e. The van der Waals surface area contributed by atoms with Crippen molar-refractivity contribution in [3.63, 3.8) is 0 Å². The maximum Gasteiger partial charge on any atom is 0.205 e.